The number of rotatable bonds is 2. The van der Waals surface area contributed by atoms with E-state index in [2.05, 4.69) is 30.7 Å². The summed E-state index contributed by atoms with van der Waals surface area (Å²) in [6.45, 7) is 9.23. The van der Waals surface area contributed by atoms with E-state index in [1.165, 1.54) is 32.4 Å². The lowest BCUT2D eigenvalue weighted by molar-refractivity contribution is -0.00458. The van der Waals surface area contributed by atoms with Gasteiger partial charge in [0.2, 0.25) is 0 Å². The lowest BCUT2D eigenvalue weighted by Crippen LogP contribution is -2.61. The van der Waals surface area contributed by atoms with Gasteiger partial charge in [0, 0.05) is 38.3 Å². The highest BCUT2D eigenvalue weighted by Crippen LogP contribution is 2.34. The minimum absolute atomic E-state index is 0.571. The number of hydrogen-bond donors (Lipinski definition) is 1. The Bertz CT molecular complexity index is 234. The number of nitrogens with two attached hydrogens (primary N) is 1. The first-order valence-corrected chi connectivity index (χ1v) is 7.27. The maximum atomic E-state index is 5.99. The summed E-state index contributed by atoms with van der Waals surface area (Å²) in [6, 6.07) is 1.34. The largest absolute Gasteiger partial charge is 0.329 e. The van der Waals surface area contributed by atoms with E-state index in [-0.39, 0.29) is 0 Å². The van der Waals surface area contributed by atoms with Gasteiger partial charge in [-0.1, -0.05) is 20.3 Å². The molecule has 2 N–H and O–H groups in total. The molecule has 1 aliphatic carbocycles. The van der Waals surface area contributed by atoms with Gasteiger partial charge in [-0.15, -0.1) is 0 Å². The van der Waals surface area contributed by atoms with Gasteiger partial charge in [0.25, 0.3) is 0 Å². The molecule has 0 spiro atoms. The molecule has 2 rings (SSSR count). The van der Waals surface area contributed by atoms with Crippen molar-refractivity contribution in [2.24, 2.45) is 17.6 Å². The summed E-state index contributed by atoms with van der Waals surface area (Å²) in [5.74, 6) is 1.69. The lowest BCUT2D eigenvalue weighted by Gasteiger charge is -2.49. The molecule has 0 radical (unpaired) electrons. The van der Waals surface area contributed by atoms with Crippen LogP contribution in [0.15, 0.2) is 0 Å². The number of hydrogen-bond acceptors (Lipinski definition) is 3. The van der Waals surface area contributed by atoms with Crippen molar-refractivity contribution < 1.29 is 0 Å². The molecule has 3 nitrogen and oxygen atoms in total. The number of likely N-dealkylation sites (N-methyl/N-ethyl adjacent to an activating group) is 1. The molecule has 3 unspecified atom stereocenters. The molecule has 0 amide bonds. The third kappa shape index (κ3) is 2.83. The molecule has 0 aromatic heterocycles. The Morgan fingerprint density at radius 2 is 1.76 bits per heavy atom. The van der Waals surface area contributed by atoms with E-state index >= 15 is 0 Å². The summed E-state index contributed by atoms with van der Waals surface area (Å²) in [4.78, 5) is 5.15. The quantitative estimate of drug-likeness (QED) is 0.790. The third-order valence-corrected chi connectivity index (χ3v) is 4.87. The fourth-order valence-electron chi connectivity index (χ4n) is 3.95. The summed E-state index contributed by atoms with van der Waals surface area (Å²) >= 11 is 0. The second-order valence-electron chi connectivity index (χ2n) is 6.27. The van der Waals surface area contributed by atoms with Crippen molar-refractivity contribution in [1.29, 1.82) is 0 Å². The van der Waals surface area contributed by atoms with Crippen molar-refractivity contribution in [1.82, 2.24) is 9.80 Å². The Hall–Kier alpha value is -0.120. The normalized spacial score (nSPS) is 41.6. The van der Waals surface area contributed by atoms with Crippen LogP contribution in [-0.2, 0) is 0 Å². The van der Waals surface area contributed by atoms with E-state index < -0.39 is 0 Å². The maximum Gasteiger partial charge on any atom is 0.0349 e. The van der Waals surface area contributed by atoms with Crippen LogP contribution in [0.4, 0.5) is 0 Å². The van der Waals surface area contributed by atoms with E-state index in [4.69, 9.17) is 5.73 Å². The standard InChI is InChI=1S/C14H29N3/c1-11-5-4-6-12(2)14(11)17-8-7-16(3)10-13(17)9-15/h11-14H,4-10,15H2,1-3H3. The van der Waals surface area contributed by atoms with Gasteiger partial charge >= 0.3 is 0 Å². The first-order valence-electron chi connectivity index (χ1n) is 7.27. The summed E-state index contributed by atoms with van der Waals surface area (Å²) in [7, 11) is 2.22. The zero-order valence-corrected chi connectivity index (χ0v) is 11.7. The van der Waals surface area contributed by atoms with Crippen LogP contribution in [0.2, 0.25) is 0 Å². The van der Waals surface area contributed by atoms with Crippen LogP contribution in [0.1, 0.15) is 33.1 Å². The predicted octanol–water partition coefficient (Wildman–Crippen LogP) is 1.39. The zero-order chi connectivity index (χ0) is 12.4. The van der Waals surface area contributed by atoms with Crippen LogP contribution in [0.5, 0.6) is 0 Å². The minimum atomic E-state index is 0.571. The highest BCUT2D eigenvalue weighted by molar-refractivity contribution is 4.92. The van der Waals surface area contributed by atoms with Crippen LogP contribution in [0.25, 0.3) is 0 Å². The van der Waals surface area contributed by atoms with Gasteiger partial charge in [-0.05, 0) is 31.7 Å². The van der Waals surface area contributed by atoms with E-state index in [0.717, 1.165) is 31.0 Å². The van der Waals surface area contributed by atoms with Crippen LogP contribution < -0.4 is 5.73 Å². The predicted molar refractivity (Wildman–Crippen MR) is 73.0 cm³/mol. The number of nitrogens with zero attached hydrogens (tertiary/aromatic N) is 2. The Kier molecular flexibility index (Phi) is 4.45. The molecular formula is C14H29N3. The van der Waals surface area contributed by atoms with Gasteiger partial charge in [0.15, 0.2) is 0 Å². The topological polar surface area (TPSA) is 32.5 Å². The maximum absolute atomic E-state index is 5.99. The number of piperazine rings is 1. The molecule has 100 valence electrons. The van der Waals surface area contributed by atoms with Crippen molar-refractivity contribution in [3.63, 3.8) is 0 Å². The molecule has 1 aliphatic heterocycles. The zero-order valence-electron chi connectivity index (χ0n) is 11.7. The molecule has 2 aliphatic rings. The Labute approximate surface area is 106 Å². The van der Waals surface area contributed by atoms with Gasteiger partial charge in [0.1, 0.15) is 0 Å². The molecule has 1 saturated carbocycles. The summed E-state index contributed by atoms with van der Waals surface area (Å²) in [5, 5.41) is 0. The van der Waals surface area contributed by atoms with Gasteiger partial charge in [0.05, 0.1) is 0 Å². The fourth-order valence-corrected chi connectivity index (χ4v) is 3.95. The molecule has 0 aromatic rings. The molecule has 0 aromatic carbocycles. The molecule has 1 saturated heterocycles. The van der Waals surface area contributed by atoms with Gasteiger partial charge in [-0.25, -0.2) is 0 Å². The van der Waals surface area contributed by atoms with Gasteiger partial charge in [-0.3, -0.25) is 4.90 Å². The smallest absolute Gasteiger partial charge is 0.0349 e. The lowest BCUT2D eigenvalue weighted by atomic mass is 9.77. The average molecular weight is 239 g/mol. The Balaban J connectivity index is 2.07. The Morgan fingerprint density at radius 1 is 1.12 bits per heavy atom. The molecule has 3 atom stereocenters. The molecule has 2 fully saturated rings. The highest BCUT2D eigenvalue weighted by atomic mass is 15.3. The van der Waals surface area contributed by atoms with Gasteiger partial charge < -0.3 is 10.6 Å². The molecule has 17 heavy (non-hydrogen) atoms. The second-order valence-corrected chi connectivity index (χ2v) is 6.27. The van der Waals surface area contributed by atoms with E-state index in [1.54, 1.807) is 0 Å². The molecule has 0 bridgehead atoms. The van der Waals surface area contributed by atoms with E-state index in [1.807, 2.05) is 0 Å². The van der Waals surface area contributed by atoms with Crippen LogP contribution in [-0.4, -0.2) is 55.1 Å². The first-order chi connectivity index (χ1) is 8.13. The summed E-state index contributed by atoms with van der Waals surface area (Å²) < 4.78 is 0. The van der Waals surface area contributed by atoms with Crippen molar-refractivity contribution >= 4 is 0 Å². The SMILES string of the molecule is CC1CCCC(C)C1N1CCN(C)CC1CN. The minimum Gasteiger partial charge on any atom is -0.329 e. The highest BCUT2D eigenvalue weighted by Gasteiger charge is 2.37. The second kappa shape index (κ2) is 5.68. The summed E-state index contributed by atoms with van der Waals surface area (Å²) in [5.41, 5.74) is 5.99. The van der Waals surface area contributed by atoms with Crippen molar-refractivity contribution in [3.8, 4) is 0 Å². The first kappa shape index (κ1) is 13.3. The molecule has 1 heterocycles. The molecule has 3 heteroatoms. The van der Waals surface area contributed by atoms with Crippen molar-refractivity contribution in [3.05, 3.63) is 0 Å². The fraction of sp³-hybridized carbons (Fsp3) is 1.00. The van der Waals surface area contributed by atoms with Crippen LogP contribution in [0, 0.1) is 11.8 Å². The van der Waals surface area contributed by atoms with Crippen LogP contribution >= 0.6 is 0 Å². The van der Waals surface area contributed by atoms with E-state index in [9.17, 15) is 0 Å². The van der Waals surface area contributed by atoms with Crippen LogP contribution in [0.3, 0.4) is 0 Å². The van der Waals surface area contributed by atoms with Crippen molar-refractivity contribution in [2.45, 2.75) is 45.2 Å². The van der Waals surface area contributed by atoms with Crippen molar-refractivity contribution in [2.75, 3.05) is 33.2 Å². The third-order valence-electron chi connectivity index (χ3n) is 4.87. The van der Waals surface area contributed by atoms with E-state index in [0.29, 0.717) is 6.04 Å². The molecular weight excluding hydrogens is 210 g/mol. The summed E-state index contributed by atoms with van der Waals surface area (Å²) in [6.07, 6.45) is 4.22. The van der Waals surface area contributed by atoms with Gasteiger partial charge in [-0.2, -0.15) is 0 Å². The average Bonchev–Trinajstić information content (AvgIpc) is 2.30. The monoisotopic (exact) mass is 239 g/mol. The Morgan fingerprint density at radius 3 is 2.35 bits per heavy atom.